The van der Waals surface area contributed by atoms with Crippen LogP contribution in [0.5, 0.6) is 0 Å². The standard InChI is InChI=1S/C15H21N5O2S/c1-19(2)11-12-5-6-14(16-8-12)15-4-3-7-20(15)23(21,22)13-9-17-18-10-13/h5-6,8-10,15H,3-4,7,11H2,1-2H3,(H,17,18). The number of H-pyrrole nitrogens is 1. The van der Waals surface area contributed by atoms with Crippen molar-refractivity contribution in [1.29, 1.82) is 0 Å². The number of aromatic nitrogens is 3. The fourth-order valence-corrected chi connectivity index (χ4v) is 4.51. The highest BCUT2D eigenvalue weighted by Crippen LogP contribution is 2.35. The van der Waals surface area contributed by atoms with E-state index in [-0.39, 0.29) is 10.9 Å². The second-order valence-electron chi connectivity index (χ2n) is 6.04. The van der Waals surface area contributed by atoms with E-state index in [1.165, 1.54) is 16.7 Å². The number of nitrogens with zero attached hydrogens (tertiary/aromatic N) is 4. The van der Waals surface area contributed by atoms with Crippen LogP contribution in [-0.2, 0) is 16.6 Å². The van der Waals surface area contributed by atoms with E-state index in [0.29, 0.717) is 6.54 Å². The molecular weight excluding hydrogens is 314 g/mol. The van der Waals surface area contributed by atoms with Gasteiger partial charge >= 0.3 is 0 Å². The van der Waals surface area contributed by atoms with Crippen molar-refractivity contribution >= 4 is 10.0 Å². The molecule has 23 heavy (non-hydrogen) atoms. The molecule has 1 fully saturated rings. The Balaban J connectivity index is 1.84. The van der Waals surface area contributed by atoms with Gasteiger partial charge in [-0.3, -0.25) is 10.1 Å². The Kier molecular flexibility index (Phi) is 4.47. The summed E-state index contributed by atoms with van der Waals surface area (Å²) in [5, 5.41) is 6.31. The Bertz CT molecular complexity index is 741. The lowest BCUT2D eigenvalue weighted by Crippen LogP contribution is -2.31. The Morgan fingerprint density at radius 3 is 2.78 bits per heavy atom. The van der Waals surface area contributed by atoms with Crippen molar-refractivity contribution in [3.8, 4) is 0 Å². The van der Waals surface area contributed by atoms with Gasteiger partial charge in [0.2, 0.25) is 10.0 Å². The Hall–Kier alpha value is -1.77. The minimum absolute atomic E-state index is 0.202. The maximum Gasteiger partial charge on any atom is 0.246 e. The number of nitrogens with one attached hydrogen (secondary N) is 1. The summed E-state index contributed by atoms with van der Waals surface area (Å²) in [5.41, 5.74) is 1.91. The molecule has 0 aromatic carbocycles. The van der Waals surface area contributed by atoms with Gasteiger partial charge in [0.1, 0.15) is 4.90 Å². The average molecular weight is 335 g/mol. The summed E-state index contributed by atoms with van der Waals surface area (Å²) in [7, 11) is 0.478. The van der Waals surface area contributed by atoms with Gasteiger partial charge in [0.25, 0.3) is 0 Å². The molecule has 1 N–H and O–H groups in total. The molecule has 3 heterocycles. The highest BCUT2D eigenvalue weighted by atomic mass is 32.2. The first-order chi connectivity index (χ1) is 11.0. The Labute approximate surface area is 136 Å². The van der Waals surface area contributed by atoms with Crippen molar-refractivity contribution in [2.75, 3.05) is 20.6 Å². The maximum atomic E-state index is 12.7. The van der Waals surface area contributed by atoms with Crippen molar-refractivity contribution in [3.05, 3.63) is 42.0 Å². The smallest absolute Gasteiger partial charge is 0.246 e. The van der Waals surface area contributed by atoms with Crippen LogP contribution in [0.3, 0.4) is 0 Å². The molecule has 0 saturated carbocycles. The molecule has 0 amide bonds. The molecule has 1 atom stereocenters. The summed E-state index contributed by atoms with van der Waals surface area (Å²) in [6, 6.07) is 3.75. The van der Waals surface area contributed by atoms with Crippen molar-refractivity contribution in [2.24, 2.45) is 0 Å². The van der Waals surface area contributed by atoms with Crippen LogP contribution >= 0.6 is 0 Å². The second kappa shape index (κ2) is 6.38. The molecule has 2 aromatic rings. The van der Waals surface area contributed by atoms with E-state index in [9.17, 15) is 8.42 Å². The van der Waals surface area contributed by atoms with Crippen LogP contribution in [0.15, 0.2) is 35.6 Å². The lowest BCUT2D eigenvalue weighted by atomic mass is 10.1. The predicted molar refractivity (Wildman–Crippen MR) is 86.1 cm³/mol. The van der Waals surface area contributed by atoms with Crippen molar-refractivity contribution < 1.29 is 8.42 Å². The summed E-state index contributed by atoms with van der Waals surface area (Å²) < 4.78 is 27.0. The van der Waals surface area contributed by atoms with Crippen LogP contribution in [0, 0.1) is 0 Å². The largest absolute Gasteiger partial charge is 0.305 e. The van der Waals surface area contributed by atoms with Crippen LogP contribution in [0.2, 0.25) is 0 Å². The molecule has 0 radical (unpaired) electrons. The van der Waals surface area contributed by atoms with E-state index in [0.717, 1.165) is 30.6 Å². The van der Waals surface area contributed by atoms with E-state index in [1.54, 1.807) is 0 Å². The fourth-order valence-electron chi connectivity index (χ4n) is 2.93. The average Bonchev–Trinajstić information content (AvgIpc) is 3.19. The third-order valence-corrected chi connectivity index (χ3v) is 5.84. The molecule has 1 aliphatic rings. The molecular formula is C15H21N5O2S. The zero-order valence-corrected chi connectivity index (χ0v) is 14.1. The van der Waals surface area contributed by atoms with Gasteiger partial charge in [-0.1, -0.05) is 6.07 Å². The molecule has 0 spiro atoms. The molecule has 2 aromatic heterocycles. The van der Waals surface area contributed by atoms with Crippen molar-refractivity contribution in [1.82, 2.24) is 24.4 Å². The normalized spacial score (nSPS) is 19.5. The first-order valence-electron chi connectivity index (χ1n) is 7.58. The Morgan fingerprint density at radius 2 is 2.17 bits per heavy atom. The van der Waals surface area contributed by atoms with Gasteiger partial charge in [0.05, 0.1) is 17.9 Å². The first-order valence-corrected chi connectivity index (χ1v) is 9.02. The molecule has 124 valence electrons. The van der Waals surface area contributed by atoms with Gasteiger partial charge in [-0.15, -0.1) is 0 Å². The van der Waals surface area contributed by atoms with Crippen LogP contribution in [-0.4, -0.2) is 53.4 Å². The number of pyridine rings is 1. The van der Waals surface area contributed by atoms with Crippen LogP contribution < -0.4 is 0 Å². The maximum absolute atomic E-state index is 12.7. The van der Waals surface area contributed by atoms with E-state index < -0.39 is 10.0 Å². The first kappa shape index (κ1) is 16.1. The van der Waals surface area contributed by atoms with E-state index >= 15 is 0 Å². The van der Waals surface area contributed by atoms with Crippen molar-refractivity contribution in [2.45, 2.75) is 30.3 Å². The number of hydrogen-bond acceptors (Lipinski definition) is 5. The van der Waals surface area contributed by atoms with Gasteiger partial charge in [-0.2, -0.15) is 9.40 Å². The lowest BCUT2D eigenvalue weighted by molar-refractivity contribution is 0.388. The number of sulfonamides is 1. The zero-order chi connectivity index (χ0) is 16.4. The molecule has 3 rings (SSSR count). The summed E-state index contributed by atoms with van der Waals surface area (Å²) in [6.45, 7) is 1.33. The van der Waals surface area contributed by atoms with Crippen LogP contribution in [0.25, 0.3) is 0 Å². The quantitative estimate of drug-likeness (QED) is 0.893. The summed E-state index contributed by atoms with van der Waals surface area (Å²) >= 11 is 0. The van der Waals surface area contributed by atoms with Gasteiger partial charge in [-0.05, 0) is 38.6 Å². The molecule has 1 aliphatic heterocycles. The fraction of sp³-hybridized carbons (Fsp3) is 0.467. The number of rotatable bonds is 5. The van der Waals surface area contributed by atoms with Gasteiger partial charge < -0.3 is 4.90 Å². The highest BCUT2D eigenvalue weighted by molar-refractivity contribution is 7.89. The summed E-state index contributed by atoms with van der Waals surface area (Å²) in [6.07, 6.45) is 6.22. The second-order valence-corrected chi connectivity index (χ2v) is 7.93. The SMILES string of the molecule is CN(C)Cc1ccc(C2CCCN2S(=O)(=O)c2cn[nH]c2)nc1. The molecule has 7 nitrogen and oxygen atoms in total. The van der Waals surface area contributed by atoms with Crippen molar-refractivity contribution in [3.63, 3.8) is 0 Å². The van der Waals surface area contributed by atoms with E-state index in [1.807, 2.05) is 32.4 Å². The monoisotopic (exact) mass is 335 g/mol. The summed E-state index contributed by atoms with van der Waals surface area (Å²) in [5.74, 6) is 0. The highest BCUT2D eigenvalue weighted by Gasteiger charge is 2.37. The van der Waals surface area contributed by atoms with Crippen LogP contribution in [0.4, 0.5) is 0 Å². The topological polar surface area (TPSA) is 82.2 Å². The third-order valence-electron chi connectivity index (χ3n) is 3.97. The van der Waals surface area contributed by atoms with Gasteiger partial charge in [0, 0.05) is 25.5 Å². The zero-order valence-electron chi connectivity index (χ0n) is 13.3. The number of aromatic amines is 1. The van der Waals surface area contributed by atoms with Gasteiger partial charge in [0.15, 0.2) is 0 Å². The van der Waals surface area contributed by atoms with E-state index in [2.05, 4.69) is 20.1 Å². The molecule has 0 aliphatic carbocycles. The lowest BCUT2D eigenvalue weighted by Gasteiger charge is -2.23. The molecule has 0 bridgehead atoms. The van der Waals surface area contributed by atoms with Gasteiger partial charge in [-0.25, -0.2) is 8.42 Å². The molecule has 1 saturated heterocycles. The minimum atomic E-state index is -3.53. The van der Waals surface area contributed by atoms with E-state index in [4.69, 9.17) is 0 Å². The molecule has 1 unspecified atom stereocenters. The minimum Gasteiger partial charge on any atom is -0.305 e. The molecule has 8 heteroatoms. The Morgan fingerprint density at radius 1 is 1.35 bits per heavy atom. The number of hydrogen-bond donors (Lipinski definition) is 1. The summed E-state index contributed by atoms with van der Waals surface area (Å²) in [4.78, 5) is 6.78. The van der Waals surface area contributed by atoms with Crippen LogP contribution in [0.1, 0.15) is 30.1 Å². The predicted octanol–water partition coefficient (Wildman–Crippen LogP) is 1.39. The third kappa shape index (κ3) is 3.29.